The molecule has 166 valence electrons. The molecule has 2 aromatic carbocycles. The van der Waals surface area contributed by atoms with Crippen molar-refractivity contribution in [2.75, 3.05) is 13.7 Å². The summed E-state index contributed by atoms with van der Waals surface area (Å²) in [7, 11) is 1.65. The van der Waals surface area contributed by atoms with Crippen molar-refractivity contribution in [2.24, 2.45) is 0 Å². The van der Waals surface area contributed by atoms with Gasteiger partial charge in [0.2, 0.25) is 5.89 Å². The summed E-state index contributed by atoms with van der Waals surface area (Å²) < 4.78 is 12.6. The van der Waals surface area contributed by atoms with Crippen LogP contribution in [0.5, 0.6) is 0 Å². The maximum atomic E-state index is 13.1. The van der Waals surface area contributed by atoms with Gasteiger partial charge in [0.25, 0.3) is 5.56 Å². The monoisotopic (exact) mass is 469 g/mol. The number of aromatic nitrogens is 3. The van der Waals surface area contributed by atoms with Gasteiger partial charge < -0.3 is 9.15 Å². The van der Waals surface area contributed by atoms with Crippen molar-refractivity contribution in [2.45, 2.75) is 37.7 Å². The summed E-state index contributed by atoms with van der Waals surface area (Å²) in [5, 5.41) is 1.72. The van der Waals surface area contributed by atoms with Crippen LogP contribution in [0, 0.1) is 13.8 Å². The molecule has 4 aromatic rings. The van der Waals surface area contributed by atoms with Crippen molar-refractivity contribution in [3.05, 3.63) is 74.9 Å². The molecular weight excluding hydrogens is 446 g/mol. The molecule has 2 aromatic heterocycles. The second kappa shape index (κ2) is 9.90. The van der Waals surface area contributed by atoms with Gasteiger partial charge in [-0.25, -0.2) is 9.97 Å². The number of benzene rings is 2. The second-order valence-electron chi connectivity index (χ2n) is 7.61. The third kappa shape index (κ3) is 4.90. The van der Waals surface area contributed by atoms with E-state index in [0.29, 0.717) is 52.3 Å². The van der Waals surface area contributed by atoms with E-state index in [1.54, 1.807) is 36.1 Å². The Hall–Kier alpha value is -2.61. The molecule has 32 heavy (non-hydrogen) atoms. The fourth-order valence-electron chi connectivity index (χ4n) is 3.54. The number of fused-ring (bicyclic) bond motifs is 1. The highest BCUT2D eigenvalue weighted by Crippen LogP contribution is 2.27. The van der Waals surface area contributed by atoms with E-state index < -0.39 is 0 Å². The van der Waals surface area contributed by atoms with Crippen molar-refractivity contribution >= 4 is 34.3 Å². The third-order valence-electron chi connectivity index (χ3n) is 5.13. The van der Waals surface area contributed by atoms with Gasteiger partial charge in [-0.1, -0.05) is 41.1 Å². The maximum absolute atomic E-state index is 13.1. The van der Waals surface area contributed by atoms with Gasteiger partial charge in [-0.2, -0.15) is 0 Å². The second-order valence-corrected chi connectivity index (χ2v) is 8.99. The highest BCUT2D eigenvalue weighted by Gasteiger charge is 2.14. The van der Waals surface area contributed by atoms with Gasteiger partial charge in [0, 0.05) is 36.6 Å². The molecular formula is C24H24ClN3O3S. The Bertz CT molecular complexity index is 1320. The first-order chi connectivity index (χ1) is 15.5. The first kappa shape index (κ1) is 22.6. The Morgan fingerprint density at radius 2 is 2.00 bits per heavy atom. The summed E-state index contributed by atoms with van der Waals surface area (Å²) in [5.41, 5.74) is 4.58. The molecule has 0 aliphatic heterocycles. The zero-order valence-corrected chi connectivity index (χ0v) is 19.8. The molecule has 0 radical (unpaired) electrons. The van der Waals surface area contributed by atoms with E-state index >= 15 is 0 Å². The average molecular weight is 470 g/mol. The number of ether oxygens (including phenoxy) is 1. The number of rotatable bonds is 8. The molecule has 4 rings (SSSR count). The minimum Gasteiger partial charge on any atom is -0.444 e. The summed E-state index contributed by atoms with van der Waals surface area (Å²) in [6, 6.07) is 11.3. The average Bonchev–Trinajstić information content (AvgIpc) is 3.22. The number of hydrogen-bond acceptors (Lipinski definition) is 6. The van der Waals surface area contributed by atoms with Crippen molar-refractivity contribution < 1.29 is 9.15 Å². The molecule has 0 aliphatic carbocycles. The first-order valence-corrected chi connectivity index (χ1v) is 11.7. The minimum atomic E-state index is -0.0820. The third-order valence-corrected chi connectivity index (χ3v) is 6.37. The summed E-state index contributed by atoms with van der Waals surface area (Å²) in [6.07, 6.45) is 2.37. The smallest absolute Gasteiger partial charge is 0.262 e. The highest BCUT2D eigenvalue weighted by molar-refractivity contribution is 7.98. The molecule has 0 N–H and O–H groups in total. The number of oxazole rings is 1. The van der Waals surface area contributed by atoms with Gasteiger partial charge in [-0.05, 0) is 50.1 Å². The maximum Gasteiger partial charge on any atom is 0.262 e. The zero-order valence-electron chi connectivity index (χ0n) is 18.2. The topological polar surface area (TPSA) is 70.2 Å². The molecule has 0 bridgehead atoms. The number of nitrogens with zero attached hydrogens (tertiary/aromatic N) is 3. The van der Waals surface area contributed by atoms with E-state index in [0.717, 1.165) is 16.8 Å². The Kier molecular flexibility index (Phi) is 6.98. The standard InChI is InChI=1S/C24H24ClN3O3S/c1-15-5-7-19(16(2)11-15)22-26-18(13-31-22)14-32-24-27-21-12-17(25)6-8-20(21)23(29)28(24)9-4-10-30-3/h5-8,11-13H,4,9-10,14H2,1-3H3. The van der Waals surface area contributed by atoms with Gasteiger partial charge in [0.05, 0.1) is 16.6 Å². The van der Waals surface area contributed by atoms with Crippen LogP contribution in [0.3, 0.4) is 0 Å². The number of thioether (sulfide) groups is 1. The molecule has 0 saturated heterocycles. The lowest BCUT2D eigenvalue weighted by Crippen LogP contribution is -2.24. The number of halogens is 1. The van der Waals surface area contributed by atoms with Gasteiger partial charge in [-0.3, -0.25) is 9.36 Å². The van der Waals surface area contributed by atoms with E-state index in [1.165, 1.54) is 17.3 Å². The van der Waals surface area contributed by atoms with Gasteiger partial charge in [0.1, 0.15) is 6.26 Å². The molecule has 8 heteroatoms. The Morgan fingerprint density at radius 3 is 2.78 bits per heavy atom. The van der Waals surface area contributed by atoms with Crippen molar-refractivity contribution in [3.63, 3.8) is 0 Å². The fourth-order valence-corrected chi connectivity index (χ4v) is 4.61. The van der Waals surface area contributed by atoms with Crippen LogP contribution < -0.4 is 5.56 Å². The van der Waals surface area contributed by atoms with Crippen molar-refractivity contribution in [1.29, 1.82) is 0 Å². The number of methoxy groups -OCH3 is 1. The van der Waals surface area contributed by atoms with Crippen LogP contribution in [-0.2, 0) is 17.0 Å². The SMILES string of the molecule is COCCCn1c(SCc2coc(-c3ccc(C)cc3C)n2)nc2cc(Cl)ccc2c1=O. The molecule has 2 heterocycles. The predicted molar refractivity (Wildman–Crippen MR) is 128 cm³/mol. The van der Waals surface area contributed by atoms with Crippen LogP contribution in [-0.4, -0.2) is 28.3 Å². The van der Waals surface area contributed by atoms with Crippen LogP contribution in [0.25, 0.3) is 22.4 Å². The lowest BCUT2D eigenvalue weighted by molar-refractivity contribution is 0.189. The zero-order chi connectivity index (χ0) is 22.7. The van der Waals surface area contributed by atoms with Crippen LogP contribution in [0.2, 0.25) is 5.02 Å². The summed E-state index contributed by atoms with van der Waals surface area (Å²) in [4.78, 5) is 22.5. The number of aryl methyl sites for hydroxylation is 2. The quantitative estimate of drug-likeness (QED) is 0.188. The van der Waals surface area contributed by atoms with Gasteiger partial charge >= 0.3 is 0 Å². The van der Waals surface area contributed by atoms with Gasteiger partial charge in [-0.15, -0.1) is 0 Å². The predicted octanol–water partition coefficient (Wildman–Crippen LogP) is 5.65. The molecule has 6 nitrogen and oxygen atoms in total. The van der Waals surface area contributed by atoms with E-state index in [-0.39, 0.29) is 5.56 Å². The largest absolute Gasteiger partial charge is 0.444 e. The summed E-state index contributed by atoms with van der Waals surface area (Å²) in [5.74, 6) is 1.12. The lowest BCUT2D eigenvalue weighted by Gasteiger charge is -2.12. The lowest BCUT2D eigenvalue weighted by atomic mass is 10.1. The first-order valence-electron chi connectivity index (χ1n) is 10.3. The molecule has 0 atom stereocenters. The Balaban J connectivity index is 1.61. The normalized spacial score (nSPS) is 11.4. The molecule has 0 unspecified atom stereocenters. The summed E-state index contributed by atoms with van der Waals surface area (Å²) >= 11 is 7.58. The number of hydrogen-bond donors (Lipinski definition) is 0. The molecule has 0 amide bonds. The van der Waals surface area contributed by atoms with Crippen LogP contribution in [0.4, 0.5) is 0 Å². The highest BCUT2D eigenvalue weighted by atomic mass is 35.5. The van der Waals surface area contributed by atoms with Gasteiger partial charge in [0.15, 0.2) is 5.16 Å². The summed E-state index contributed by atoms with van der Waals surface area (Å²) in [6.45, 7) is 5.19. The Labute approximate surface area is 195 Å². The van der Waals surface area contributed by atoms with E-state index in [1.807, 2.05) is 19.1 Å². The van der Waals surface area contributed by atoms with Crippen LogP contribution in [0.15, 0.2) is 57.0 Å². The van der Waals surface area contributed by atoms with E-state index in [2.05, 4.69) is 18.0 Å². The molecule has 0 saturated carbocycles. The Morgan fingerprint density at radius 1 is 1.16 bits per heavy atom. The minimum absolute atomic E-state index is 0.0820. The van der Waals surface area contributed by atoms with Crippen LogP contribution >= 0.6 is 23.4 Å². The molecule has 0 spiro atoms. The van der Waals surface area contributed by atoms with Crippen LogP contribution in [0.1, 0.15) is 23.2 Å². The van der Waals surface area contributed by atoms with Crippen molar-refractivity contribution in [1.82, 2.24) is 14.5 Å². The molecule has 0 fully saturated rings. The fraction of sp³-hybridized carbons (Fsp3) is 0.292. The van der Waals surface area contributed by atoms with E-state index in [4.69, 9.17) is 25.7 Å². The van der Waals surface area contributed by atoms with Crippen molar-refractivity contribution in [3.8, 4) is 11.5 Å². The molecule has 0 aliphatic rings. The van der Waals surface area contributed by atoms with E-state index in [9.17, 15) is 4.79 Å².